The van der Waals surface area contributed by atoms with Gasteiger partial charge in [-0.2, -0.15) is 0 Å². The number of ether oxygens (including phenoxy) is 1. The van der Waals surface area contributed by atoms with Crippen LogP contribution in [0.5, 0.6) is 0 Å². The van der Waals surface area contributed by atoms with E-state index in [0.717, 1.165) is 32.1 Å². The van der Waals surface area contributed by atoms with Gasteiger partial charge in [0.2, 0.25) is 0 Å². The van der Waals surface area contributed by atoms with Gasteiger partial charge in [-0.3, -0.25) is 14.2 Å². The topological polar surface area (TPSA) is 128 Å². The molecular formula is C30H34F2N6O5. The highest BCUT2D eigenvalue weighted by Gasteiger charge is 2.23. The number of halogens is 2. The van der Waals surface area contributed by atoms with Crippen molar-refractivity contribution < 1.29 is 23.1 Å². The number of aldehydes is 1. The molecule has 0 unspecified atom stereocenters. The summed E-state index contributed by atoms with van der Waals surface area (Å²) in [6.07, 6.45) is 4.23. The van der Waals surface area contributed by atoms with Gasteiger partial charge in [0.25, 0.3) is 11.1 Å². The monoisotopic (exact) mass is 596 g/mol. The smallest absolute Gasteiger partial charge is 0.407 e. The zero-order valence-corrected chi connectivity index (χ0v) is 24.3. The van der Waals surface area contributed by atoms with Crippen LogP contribution in [-0.2, 0) is 22.6 Å². The van der Waals surface area contributed by atoms with Crippen molar-refractivity contribution in [3.05, 3.63) is 81.1 Å². The molecule has 1 aliphatic rings. The van der Waals surface area contributed by atoms with Gasteiger partial charge < -0.3 is 24.3 Å². The Morgan fingerprint density at radius 3 is 2.00 bits per heavy atom. The normalized spacial score (nSPS) is 14.3. The lowest BCUT2D eigenvalue weighted by Gasteiger charge is -2.33. The largest absolute Gasteiger partial charge is 0.444 e. The molecule has 1 amide bonds. The van der Waals surface area contributed by atoms with Crippen LogP contribution in [0.4, 0.5) is 13.6 Å². The SMILES string of the molecule is CC(C)(C)OC(=O)NC1CCN(CCn2c(=O)cnc3ccc(F)cc32)CC1.O=CCn1c(=O)cnc2ccc(F)cc21. The fourth-order valence-corrected chi connectivity index (χ4v) is 4.78. The Hall–Kier alpha value is -4.52. The number of hydrogen-bond acceptors (Lipinski definition) is 8. The summed E-state index contributed by atoms with van der Waals surface area (Å²) < 4.78 is 34.6. The van der Waals surface area contributed by atoms with Crippen LogP contribution in [0.3, 0.4) is 0 Å². The summed E-state index contributed by atoms with van der Waals surface area (Å²) in [5, 5.41) is 2.92. The lowest BCUT2D eigenvalue weighted by atomic mass is 10.1. The number of piperidine rings is 1. The van der Waals surface area contributed by atoms with Gasteiger partial charge in [-0.05, 0) is 70.0 Å². The average molecular weight is 597 g/mol. The van der Waals surface area contributed by atoms with E-state index in [9.17, 15) is 28.0 Å². The lowest BCUT2D eigenvalue weighted by molar-refractivity contribution is -0.108. The molecule has 3 heterocycles. The maximum atomic E-state index is 13.6. The maximum absolute atomic E-state index is 13.6. The van der Waals surface area contributed by atoms with E-state index >= 15 is 0 Å². The van der Waals surface area contributed by atoms with Crippen molar-refractivity contribution in [3.8, 4) is 0 Å². The first-order valence-corrected chi connectivity index (χ1v) is 13.9. The van der Waals surface area contributed by atoms with Gasteiger partial charge in [-0.1, -0.05) is 0 Å². The molecular weight excluding hydrogens is 562 g/mol. The van der Waals surface area contributed by atoms with Crippen LogP contribution < -0.4 is 16.4 Å². The zero-order valence-electron chi connectivity index (χ0n) is 24.3. The Kier molecular flexibility index (Phi) is 9.96. The van der Waals surface area contributed by atoms with Crippen molar-refractivity contribution in [1.82, 2.24) is 29.3 Å². The molecule has 13 heteroatoms. The Morgan fingerprint density at radius 1 is 0.930 bits per heavy atom. The number of benzene rings is 2. The first kappa shape index (κ1) is 31.4. The van der Waals surface area contributed by atoms with Crippen molar-refractivity contribution in [2.75, 3.05) is 19.6 Å². The number of carbonyl (C=O) groups excluding carboxylic acids is 2. The minimum Gasteiger partial charge on any atom is -0.444 e. The molecule has 0 saturated carbocycles. The minimum absolute atomic E-state index is 0.0877. The van der Waals surface area contributed by atoms with E-state index in [1.165, 1.54) is 41.1 Å². The summed E-state index contributed by atoms with van der Waals surface area (Å²) in [4.78, 5) is 56.0. The van der Waals surface area contributed by atoms with Crippen molar-refractivity contribution in [1.29, 1.82) is 0 Å². The number of nitrogens with zero attached hydrogens (tertiary/aromatic N) is 5. The second-order valence-corrected chi connectivity index (χ2v) is 11.1. The third-order valence-electron chi connectivity index (χ3n) is 6.82. The quantitative estimate of drug-likeness (QED) is 0.336. The second kappa shape index (κ2) is 13.6. The van der Waals surface area contributed by atoms with Crippen molar-refractivity contribution in [2.45, 2.75) is 58.3 Å². The summed E-state index contributed by atoms with van der Waals surface area (Å²) in [5.41, 5.74) is 0.757. The van der Waals surface area contributed by atoms with E-state index in [1.807, 2.05) is 20.8 Å². The van der Waals surface area contributed by atoms with Crippen LogP contribution in [0.2, 0.25) is 0 Å². The molecule has 0 spiro atoms. The molecule has 5 rings (SSSR count). The van der Waals surface area contributed by atoms with E-state index in [0.29, 0.717) is 41.4 Å². The van der Waals surface area contributed by atoms with Gasteiger partial charge in [0.15, 0.2) is 0 Å². The molecule has 2 aromatic carbocycles. The molecule has 0 radical (unpaired) electrons. The standard InChI is InChI=1S/C20H27FN4O3.C10H7FN2O2/c1-20(2,3)28-19(27)23-15-6-8-24(9-7-15)10-11-25-17-12-14(21)4-5-16(17)22-13-18(25)26;11-7-1-2-8-9(5-7)13(3-4-14)10(15)6-12-8/h4-5,12-13,15H,6-11H2,1-3H3,(H,23,27);1-2,4-6H,3H2. The fourth-order valence-electron chi connectivity index (χ4n) is 4.78. The van der Waals surface area contributed by atoms with E-state index in [1.54, 1.807) is 10.6 Å². The first-order chi connectivity index (χ1) is 20.4. The van der Waals surface area contributed by atoms with E-state index < -0.39 is 17.0 Å². The Bertz CT molecular complexity index is 1720. The number of carbonyl (C=O) groups is 2. The molecule has 11 nitrogen and oxygen atoms in total. The molecule has 1 aliphatic heterocycles. The predicted molar refractivity (Wildman–Crippen MR) is 157 cm³/mol. The zero-order chi connectivity index (χ0) is 31.1. The van der Waals surface area contributed by atoms with E-state index in [2.05, 4.69) is 20.2 Å². The minimum atomic E-state index is -0.509. The molecule has 0 bridgehead atoms. The number of fused-ring (bicyclic) bond motifs is 2. The van der Waals surface area contributed by atoms with Crippen LogP contribution in [-0.4, -0.2) is 67.7 Å². The molecule has 43 heavy (non-hydrogen) atoms. The molecule has 1 saturated heterocycles. The van der Waals surface area contributed by atoms with Crippen molar-refractivity contribution in [3.63, 3.8) is 0 Å². The summed E-state index contributed by atoms with van der Waals surface area (Å²) in [6, 6.07) is 8.26. The maximum Gasteiger partial charge on any atom is 0.407 e. The highest BCUT2D eigenvalue weighted by Crippen LogP contribution is 2.15. The third-order valence-corrected chi connectivity index (χ3v) is 6.82. The lowest BCUT2D eigenvalue weighted by Crippen LogP contribution is -2.46. The van der Waals surface area contributed by atoms with Crippen molar-refractivity contribution >= 4 is 34.4 Å². The fraction of sp³-hybridized carbons (Fsp3) is 0.400. The van der Waals surface area contributed by atoms with Crippen LogP contribution in [0.1, 0.15) is 33.6 Å². The number of likely N-dealkylation sites (tertiary alicyclic amines) is 1. The summed E-state index contributed by atoms with van der Waals surface area (Å²) in [6.45, 7) is 8.18. The number of aromatic nitrogens is 4. The van der Waals surface area contributed by atoms with Gasteiger partial charge in [0.1, 0.15) is 23.5 Å². The number of hydrogen-bond donors (Lipinski definition) is 1. The Morgan fingerprint density at radius 2 is 1.47 bits per heavy atom. The average Bonchev–Trinajstić information content (AvgIpc) is 2.94. The van der Waals surface area contributed by atoms with E-state index in [4.69, 9.17) is 4.74 Å². The van der Waals surface area contributed by atoms with Gasteiger partial charge in [-0.25, -0.2) is 23.5 Å². The Balaban J connectivity index is 0.000000237. The Labute approximate surface area is 246 Å². The second-order valence-electron chi connectivity index (χ2n) is 11.1. The first-order valence-electron chi connectivity index (χ1n) is 13.9. The van der Waals surface area contributed by atoms with Crippen LogP contribution in [0, 0.1) is 11.6 Å². The predicted octanol–water partition coefficient (Wildman–Crippen LogP) is 3.26. The van der Waals surface area contributed by atoms with Gasteiger partial charge >= 0.3 is 6.09 Å². The van der Waals surface area contributed by atoms with Crippen LogP contribution >= 0.6 is 0 Å². The van der Waals surface area contributed by atoms with Gasteiger partial charge in [-0.15, -0.1) is 0 Å². The molecule has 2 aromatic heterocycles. The molecule has 0 aliphatic carbocycles. The van der Waals surface area contributed by atoms with Crippen LogP contribution in [0.15, 0.2) is 58.4 Å². The van der Waals surface area contributed by atoms with Crippen LogP contribution in [0.25, 0.3) is 22.1 Å². The third kappa shape index (κ3) is 8.51. The summed E-state index contributed by atoms with van der Waals surface area (Å²) >= 11 is 0. The van der Waals surface area contributed by atoms with E-state index in [-0.39, 0.29) is 30.1 Å². The van der Waals surface area contributed by atoms with Gasteiger partial charge in [0, 0.05) is 32.2 Å². The molecule has 0 atom stereocenters. The van der Waals surface area contributed by atoms with Crippen molar-refractivity contribution in [2.24, 2.45) is 0 Å². The molecule has 228 valence electrons. The van der Waals surface area contributed by atoms with Gasteiger partial charge in [0.05, 0.1) is 41.0 Å². The molecule has 4 aromatic rings. The highest BCUT2D eigenvalue weighted by atomic mass is 19.1. The summed E-state index contributed by atoms with van der Waals surface area (Å²) in [7, 11) is 0. The number of rotatable bonds is 6. The number of amides is 1. The highest BCUT2D eigenvalue weighted by molar-refractivity contribution is 5.75. The number of nitrogens with one attached hydrogen (secondary N) is 1. The number of alkyl carbamates (subject to hydrolysis) is 1. The summed E-state index contributed by atoms with van der Waals surface area (Å²) in [5.74, 6) is -0.850. The molecule has 1 N–H and O–H groups in total. The molecule has 1 fully saturated rings.